The van der Waals surface area contributed by atoms with Crippen LogP contribution in [-0.2, 0) is 12.8 Å². The Morgan fingerprint density at radius 2 is 1.94 bits per heavy atom. The van der Waals surface area contributed by atoms with Crippen molar-refractivity contribution in [2.45, 2.75) is 44.6 Å². The molecule has 4 nitrogen and oxygen atoms in total. The van der Waals surface area contributed by atoms with Gasteiger partial charge in [0, 0.05) is 17.3 Å². The molecule has 1 aromatic heterocycles. The summed E-state index contributed by atoms with van der Waals surface area (Å²) in [5.41, 5.74) is 2.81. The lowest BCUT2D eigenvalue weighted by atomic mass is 9.97. The molecule has 0 spiro atoms. The summed E-state index contributed by atoms with van der Waals surface area (Å²) in [4.78, 5) is 0. The molecule has 3 rings (SSSR count). The molecule has 0 atom stereocenters. The van der Waals surface area contributed by atoms with Gasteiger partial charge in [-0.1, -0.05) is 0 Å². The molecule has 1 fully saturated rings. The average Bonchev–Trinajstić information content (AvgIpc) is 2.74. The zero-order chi connectivity index (χ0) is 10.8. The predicted octanol–water partition coefficient (Wildman–Crippen LogP) is 1.45. The SMILES string of the molecule is C1CCc2c(NC3CCNCC3)n[nH]c2C1. The molecule has 0 unspecified atom stereocenters. The third-order valence-corrected chi connectivity index (χ3v) is 3.74. The van der Waals surface area contributed by atoms with Crippen LogP contribution in [0.1, 0.15) is 36.9 Å². The van der Waals surface area contributed by atoms with Gasteiger partial charge in [0.2, 0.25) is 0 Å². The Morgan fingerprint density at radius 1 is 1.12 bits per heavy atom. The smallest absolute Gasteiger partial charge is 0.151 e. The highest BCUT2D eigenvalue weighted by Gasteiger charge is 2.20. The fourth-order valence-corrected chi connectivity index (χ4v) is 2.76. The summed E-state index contributed by atoms with van der Waals surface area (Å²) >= 11 is 0. The maximum absolute atomic E-state index is 4.44. The Bertz CT molecular complexity index is 352. The van der Waals surface area contributed by atoms with Gasteiger partial charge in [-0.2, -0.15) is 5.10 Å². The molecule has 2 heterocycles. The molecular weight excluding hydrogens is 200 g/mol. The Kier molecular flexibility index (Phi) is 2.82. The molecule has 0 aromatic carbocycles. The predicted molar refractivity (Wildman–Crippen MR) is 64.7 cm³/mol. The molecule has 88 valence electrons. The first-order valence-corrected chi connectivity index (χ1v) is 6.47. The number of anilines is 1. The summed E-state index contributed by atoms with van der Waals surface area (Å²) in [7, 11) is 0. The van der Waals surface area contributed by atoms with Crippen molar-refractivity contribution in [3.8, 4) is 0 Å². The summed E-state index contributed by atoms with van der Waals surface area (Å²) in [6.07, 6.45) is 7.41. The minimum Gasteiger partial charge on any atom is -0.366 e. The van der Waals surface area contributed by atoms with Gasteiger partial charge in [-0.25, -0.2) is 0 Å². The van der Waals surface area contributed by atoms with E-state index >= 15 is 0 Å². The second kappa shape index (κ2) is 4.45. The van der Waals surface area contributed by atoms with Crippen LogP contribution in [0.15, 0.2) is 0 Å². The first-order valence-electron chi connectivity index (χ1n) is 6.47. The highest BCUT2D eigenvalue weighted by Crippen LogP contribution is 2.26. The zero-order valence-corrected chi connectivity index (χ0v) is 9.68. The molecule has 16 heavy (non-hydrogen) atoms. The van der Waals surface area contributed by atoms with Crippen LogP contribution >= 0.6 is 0 Å². The van der Waals surface area contributed by atoms with Crippen molar-refractivity contribution in [1.29, 1.82) is 0 Å². The van der Waals surface area contributed by atoms with Crippen molar-refractivity contribution >= 4 is 5.82 Å². The van der Waals surface area contributed by atoms with Gasteiger partial charge >= 0.3 is 0 Å². The number of fused-ring (bicyclic) bond motifs is 1. The third-order valence-electron chi connectivity index (χ3n) is 3.74. The quantitative estimate of drug-likeness (QED) is 0.707. The van der Waals surface area contributed by atoms with Crippen LogP contribution in [0.25, 0.3) is 0 Å². The number of aryl methyl sites for hydroxylation is 1. The van der Waals surface area contributed by atoms with Crippen LogP contribution < -0.4 is 10.6 Å². The Hall–Kier alpha value is -1.03. The lowest BCUT2D eigenvalue weighted by molar-refractivity contribution is 0.478. The molecule has 0 bridgehead atoms. The Balaban J connectivity index is 1.71. The fourth-order valence-electron chi connectivity index (χ4n) is 2.76. The first-order chi connectivity index (χ1) is 7.93. The number of piperidine rings is 1. The molecule has 0 radical (unpaired) electrons. The van der Waals surface area contributed by atoms with E-state index in [-0.39, 0.29) is 0 Å². The standard InChI is InChI=1S/C12H20N4/c1-2-4-11-10(3-1)12(16-15-11)14-9-5-7-13-8-6-9/h9,13H,1-8H2,(H2,14,15,16). The maximum Gasteiger partial charge on any atom is 0.151 e. The fraction of sp³-hybridized carbons (Fsp3) is 0.750. The number of aromatic nitrogens is 2. The second-order valence-electron chi connectivity index (χ2n) is 4.91. The lowest BCUT2D eigenvalue weighted by Crippen LogP contribution is -2.35. The first kappa shape index (κ1) is 10.1. The van der Waals surface area contributed by atoms with E-state index < -0.39 is 0 Å². The van der Waals surface area contributed by atoms with Crippen LogP contribution in [0.4, 0.5) is 5.82 Å². The highest BCUT2D eigenvalue weighted by atomic mass is 15.2. The number of hydrogen-bond acceptors (Lipinski definition) is 3. The number of H-pyrrole nitrogens is 1. The molecule has 0 amide bonds. The lowest BCUT2D eigenvalue weighted by Gasteiger charge is -2.24. The van der Waals surface area contributed by atoms with Gasteiger partial charge in [-0.3, -0.25) is 5.10 Å². The van der Waals surface area contributed by atoms with Crippen LogP contribution in [0.2, 0.25) is 0 Å². The summed E-state index contributed by atoms with van der Waals surface area (Å²) < 4.78 is 0. The van der Waals surface area contributed by atoms with E-state index in [1.165, 1.54) is 49.8 Å². The molecule has 1 saturated heterocycles. The van der Waals surface area contributed by atoms with Gasteiger partial charge in [0.05, 0.1) is 0 Å². The van der Waals surface area contributed by atoms with E-state index in [1.54, 1.807) is 0 Å². The number of nitrogens with zero attached hydrogens (tertiary/aromatic N) is 1. The van der Waals surface area contributed by atoms with Crippen LogP contribution in [0, 0.1) is 0 Å². The van der Waals surface area contributed by atoms with Gasteiger partial charge < -0.3 is 10.6 Å². The van der Waals surface area contributed by atoms with Gasteiger partial charge in [0.15, 0.2) is 5.82 Å². The largest absolute Gasteiger partial charge is 0.366 e. The normalized spacial score (nSPS) is 21.8. The minimum atomic E-state index is 0.607. The van der Waals surface area contributed by atoms with Crippen LogP contribution in [0.5, 0.6) is 0 Å². The van der Waals surface area contributed by atoms with Crippen molar-refractivity contribution in [1.82, 2.24) is 15.5 Å². The average molecular weight is 220 g/mol. The van der Waals surface area contributed by atoms with Gasteiger partial charge in [0.1, 0.15) is 0 Å². The van der Waals surface area contributed by atoms with Crippen molar-refractivity contribution in [2.75, 3.05) is 18.4 Å². The maximum atomic E-state index is 4.44. The summed E-state index contributed by atoms with van der Waals surface area (Å²) in [5, 5.41) is 14.6. The number of nitrogens with one attached hydrogen (secondary N) is 3. The van der Waals surface area contributed by atoms with E-state index in [2.05, 4.69) is 20.8 Å². The topological polar surface area (TPSA) is 52.7 Å². The molecule has 0 saturated carbocycles. The Morgan fingerprint density at radius 3 is 2.81 bits per heavy atom. The highest BCUT2D eigenvalue weighted by molar-refractivity contribution is 5.48. The molecule has 4 heteroatoms. The van der Waals surface area contributed by atoms with Crippen LogP contribution in [-0.4, -0.2) is 29.3 Å². The van der Waals surface area contributed by atoms with Gasteiger partial charge in [-0.05, 0) is 51.6 Å². The monoisotopic (exact) mass is 220 g/mol. The zero-order valence-electron chi connectivity index (χ0n) is 9.68. The van der Waals surface area contributed by atoms with E-state index in [9.17, 15) is 0 Å². The van der Waals surface area contributed by atoms with E-state index in [1.807, 2.05) is 0 Å². The number of hydrogen-bond donors (Lipinski definition) is 3. The Labute approximate surface area is 96.2 Å². The number of rotatable bonds is 2. The molecule has 3 N–H and O–H groups in total. The molecule has 1 aromatic rings. The van der Waals surface area contributed by atoms with Crippen molar-refractivity contribution < 1.29 is 0 Å². The van der Waals surface area contributed by atoms with Gasteiger partial charge in [0.25, 0.3) is 0 Å². The second-order valence-corrected chi connectivity index (χ2v) is 4.91. The summed E-state index contributed by atoms with van der Waals surface area (Å²) in [5.74, 6) is 1.13. The van der Waals surface area contributed by atoms with Gasteiger partial charge in [-0.15, -0.1) is 0 Å². The molecular formula is C12H20N4. The number of aromatic amines is 1. The van der Waals surface area contributed by atoms with E-state index in [0.29, 0.717) is 6.04 Å². The van der Waals surface area contributed by atoms with E-state index in [0.717, 1.165) is 18.9 Å². The van der Waals surface area contributed by atoms with Crippen molar-refractivity contribution in [2.24, 2.45) is 0 Å². The van der Waals surface area contributed by atoms with Crippen molar-refractivity contribution in [3.05, 3.63) is 11.3 Å². The molecule has 2 aliphatic rings. The van der Waals surface area contributed by atoms with Crippen LogP contribution in [0.3, 0.4) is 0 Å². The summed E-state index contributed by atoms with van der Waals surface area (Å²) in [6, 6.07) is 0.607. The van der Waals surface area contributed by atoms with E-state index in [4.69, 9.17) is 0 Å². The third kappa shape index (κ3) is 1.94. The minimum absolute atomic E-state index is 0.607. The summed E-state index contributed by atoms with van der Waals surface area (Å²) in [6.45, 7) is 2.26. The van der Waals surface area contributed by atoms with Crippen molar-refractivity contribution in [3.63, 3.8) is 0 Å². The molecule has 1 aliphatic heterocycles. The molecule has 1 aliphatic carbocycles.